The molecule has 0 aromatic heterocycles. The Kier molecular flexibility index (Phi) is 5.12. The molecule has 0 atom stereocenters. The number of allylic oxidation sites excluding steroid dienone is 2. The maximum Gasteiger partial charge on any atom is 0.255 e. The van der Waals surface area contributed by atoms with Gasteiger partial charge in [0, 0.05) is 36.6 Å². The van der Waals surface area contributed by atoms with E-state index in [2.05, 4.69) is 17.1 Å². The van der Waals surface area contributed by atoms with Crippen molar-refractivity contribution in [3.05, 3.63) is 58.7 Å². The van der Waals surface area contributed by atoms with Crippen molar-refractivity contribution in [3.8, 4) is 0 Å². The van der Waals surface area contributed by atoms with E-state index >= 15 is 0 Å². The summed E-state index contributed by atoms with van der Waals surface area (Å²) in [5, 5.41) is 0. The van der Waals surface area contributed by atoms with E-state index in [1.807, 2.05) is 54.1 Å². The third kappa shape index (κ3) is 3.67. The molecule has 0 unspecified atom stereocenters. The van der Waals surface area contributed by atoms with E-state index < -0.39 is 0 Å². The summed E-state index contributed by atoms with van der Waals surface area (Å²) < 4.78 is 0. The van der Waals surface area contributed by atoms with Gasteiger partial charge in [0.1, 0.15) is 0 Å². The Bertz CT molecular complexity index is 1040. The molecule has 5 nitrogen and oxygen atoms in total. The fourth-order valence-electron chi connectivity index (χ4n) is 4.80. The van der Waals surface area contributed by atoms with E-state index in [1.54, 1.807) is 0 Å². The smallest absolute Gasteiger partial charge is 0.255 e. The fourth-order valence-corrected chi connectivity index (χ4v) is 4.80. The minimum atomic E-state index is 0.0478. The van der Waals surface area contributed by atoms with Crippen molar-refractivity contribution in [2.75, 3.05) is 24.5 Å². The molecule has 4 aliphatic rings. The lowest BCUT2D eigenvalue weighted by atomic mass is 9.85. The van der Waals surface area contributed by atoms with Crippen molar-refractivity contribution < 1.29 is 9.59 Å². The molecule has 3 aliphatic heterocycles. The highest BCUT2D eigenvalue weighted by Gasteiger charge is 2.33. The van der Waals surface area contributed by atoms with Gasteiger partial charge in [-0.2, -0.15) is 0 Å². The second-order valence-corrected chi connectivity index (χ2v) is 9.28. The van der Waals surface area contributed by atoms with E-state index in [0.717, 1.165) is 34.5 Å². The first kappa shape index (κ1) is 20.0. The molecule has 1 saturated carbocycles. The molecule has 2 amide bonds. The number of carbonyl (C=O) groups excluding carboxylic acids is 2. The van der Waals surface area contributed by atoms with Crippen LogP contribution in [0, 0.1) is 5.92 Å². The van der Waals surface area contributed by atoms with Crippen molar-refractivity contribution in [2.45, 2.75) is 45.6 Å². The van der Waals surface area contributed by atoms with Crippen LogP contribution in [0.3, 0.4) is 0 Å². The largest absolute Gasteiger partial charge is 0.332 e. The highest BCUT2D eigenvalue weighted by Crippen LogP contribution is 2.37. The summed E-state index contributed by atoms with van der Waals surface area (Å²) in [6.07, 6.45) is 12.2. The number of amides is 2. The van der Waals surface area contributed by atoms with Crippen LogP contribution in [-0.2, 0) is 16.0 Å². The maximum absolute atomic E-state index is 13.3. The Morgan fingerprint density at radius 3 is 2.71 bits per heavy atom. The lowest BCUT2D eigenvalue weighted by Gasteiger charge is -2.33. The first-order valence-corrected chi connectivity index (χ1v) is 11.4. The van der Waals surface area contributed by atoms with Gasteiger partial charge in [-0.05, 0) is 73.1 Å². The molecule has 0 bridgehead atoms. The van der Waals surface area contributed by atoms with Crippen LogP contribution in [0.4, 0.5) is 5.69 Å². The van der Waals surface area contributed by atoms with Gasteiger partial charge in [0.2, 0.25) is 5.91 Å². The van der Waals surface area contributed by atoms with Gasteiger partial charge in [0.15, 0.2) is 0 Å². The highest BCUT2D eigenvalue weighted by atomic mass is 16.2. The molecule has 5 heteroatoms. The van der Waals surface area contributed by atoms with Crippen molar-refractivity contribution in [2.24, 2.45) is 10.9 Å². The number of dihydropyridines is 1. The van der Waals surface area contributed by atoms with E-state index in [-0.39, 0.29) is 17.9 Å². The molecule has 5 rings (SSSR count). The normalized spacial score (nSPS) is 23.5. The Morgan fingerprint density at radius 2 is 2.03 bits per heavy atom. The van der Waals surface area contributed by atoms with E-state index in [4.69, 9.17) is 0 Å². The van der Waals surface area contributed by atoms with Crippen molar-refractivity contribution in [3.63, 3.8) is 0 Å². The first-order chi connectivity index (χ1) is 15.0. The van der Waals surface area contributed by atoms with Crippen LogP contribution in [0.25, 0.3) is 5.57 Å². The van der Waals surface area contributed by atoms with Gasteiger partial charge >= 0.3 is 0 Å². The highest BCUT2D eigenvalue weighted by molar-refractivity contribution is 6.21. The third-order valence-electron chi connectivity index (χ3n) is 6.87. The molecule has 0 radical (unpaired) electrons. The number of benzene rings is 1. The summed E-state index contributed by atoms with van der Waals surface area (Å²) in [7, 11) is 0. The van der Waals surface area contributed by atoms with Gasteiger partial charge in [-0.1, -0.05) is 24.6 Å². The molecule has 1 aromatic rings. The molecule has 0 saturated heterocycles. The minimum Gasteiger partial charge on any atom is -0.332 e. The first-order valence-electron chi connectivity index (χ1n) is 11.4. The van der Waals surface area contributed by atoms with Crippen LogP contribution >= 0.6 is 0 Å². The monoisotopic (exact) mass is 415 g/mol. The summed E-state index contributed by atoms with van der Waals surface area (Å²) in [5.41, 5.74) is 5.80. The Balaban J connectivity index is 1.51. The van der Waals surface area contributed by atoms with Crippen LogP contribution in [0.2, 0.25) is 0 Å². The van der Waals surface area contributed by atoms with Gasteiger partial charge in [0.05, 0.1) is 13.0 Å². The van der Waals surface area contributed by atoms with Crippen LogP contribution in [0.1, 0.15) is 44.2 Å². The minimum absolute atomic E-state index is 0.0478. The molecule has 1 aromatic carbocycles. The van der Waals surface area contributed by atoms with Crippen LogP contribution in [0.5, 0.6) is 0 Å². The quantitative estimate of drug-likeness (QED) is 0.748. The van der Waals surface area contributed by atoms with E-state index in [0.29, 0.717) is 31.0 Å². The van der Waals surface area contributed by atoms with Gasteiger partial charge < -0.3 is 9.80 Å². The SMILES string of the molecule is CC(C)N1CC(=C2C=CCN=C2)C=C(c2ccc3c(c2)CC(=O)N3CC2CCC2)C1=O. The number of rotatable bonds is 4. The molecule has 1 aliphatic carbocycles. The Hall–Kier alpha value is -2.95. The standard InChI is InChI=1S/C26H29N3O2/c1-17(2)28-16-22(20-7-4-10-27-14-20)12-23(26(28)31)19-8-9-24-21(11-19)13-25(30)29(24)15-18-5-3-6-18/h4,7-9,11-12,14,17-18H,3,5-6,10,13,15-16H2,1-2H3. The number of carbonyl (C=O) groups is 2. The van der Waals surface area contributed by atoms with Gasteiger partial charge in [0.25, 0.3) is 5.91 Å². The molecular weight excluding hydrogens is 386 g/mol. The number of hydrogen-bond acceptors (Lipinski definition) is 3. The molecule has 0 spiro atoms. The molecule has 160 valence electrons. The summed E-state index contributed by atoms with van der Waals surface area (Å²) in [6, 6.07) is 6.19. The zero-order valence-electron chi connectivity index (χ0n) is 18.3. The van der Waals surface area contributed by atoms with Gasteiger partial charge in [-0.3, -0.25) is 14.6 Å². The van der Waals surface area contributed by atoms with E-state index in [1.165, 1.54) is 19.3 Å². The summed E-state index contributed by atoms with van der Waals surface area (Å²) >= 11 is 0. The lowest BCUT2D eigenvalue weighted by Crippen LogP contribution is -2.41. The van der Waals surface area contributed by atoms with Crippen molar-refractivity contribution in [1.82, 2.24) is 4.90 Å². The predicted octanol–water partition coefficient (Wildman–Crippen LogP) is 3.95. The van der Waals surface area contributed by atoms with Crippen LogP contribution in [-0.4, -0.2) is 48.6 Å². The van der Waals surface area contributed by atoms with Crippen molar-refractivity contribution >= 4 is 29.3 Å². The van der Waals surface area contributed by atoms with Crippen molar-refractivity contribution in [1.29, 1.82) is 0 Å². The molecule has 1 fully saturated rings. The van der Waals surface area contributed by atoms with Gasteiger partial charge in [-0.25, -0.2) is 0 Å². The third-order valence-corrected chi connectivity index (χ3v) is 6.87. The predicted molar refractivity (Wildman–Crippen MR) is 124 cm³/mol. The average Bonchev–Trinajstić information content (AvgIpc) is 3.05. The lowest BCUT2D eigenvalue weighted by molar-refractivity contribution is -0.126. The molecule has 31 heavy (non-hydrogen) atoms. The Labute approximate surface area is 183 Å². The zero-order valence-corrected chi connectivity index (χ0v) is 18.3. The summed E-state index contributed by atoms with van der Waals surface area (Å²) in [4.78, 5) is 34.2. The zero-order chi connectivity index (χ0) is 21.5. The number of fused-ring (bicyclic) bond motifs is 1. The number of nitrogens with zero attached hydrogens (tertiary/aromatic N) is 3. The number of hydrogen-bond donors (Lipinski definition) is 0. The van der Waals surface area contributed by atoms with Crippen LogP contribution in [0.15, 0.2) is 52.6 Å². The summed E-state index contributed by atoms with van der Waals surface area (Å²) in [5.74, 6) is 0.862. The van der Waals surface area contributed by atoms with E-state index in [9.17, 15) is 9.59 Å². The van der Waals surface area contributed by atoms with Crippen LogP contribution < -0.4 is 4.90 Å². The topological polar surface area (TPSA) is 53.0 Å². The fraction of sp³-hybridized carbons (Fsp3) is 0.423. The molecule has 0 N–H and O–H groups in total. The average molecular weight is 416 g/mol. The maximum atomic E-state index is 13.3. The second-order valence-electron chi connectivity index (χ2n) is 9.28. The van der Waals surface area contributed by atoms with Gasteiger partial charge in [-0.15, -0.1) is 0 Å². The number of aliphatic imine (C=N–C) groups is 1. The second kappa shape index (κ2) is 7.95. The molecular formula is C26H29N3O2. The molecule has 3 heterocycles. The Morgan fingerprint density at radius 1 is 1.19 bits per heavy atom. The number of anilines is 1. The summed E-state index contributed by atoms with van der Waals surface area (Å²) in [6.45, 7) is 6.22.